The van der Waals surface area contributed by atoms with E-state index in [1.165, 1.54) is 13.8 Å². The highest BCUT2D eigenvalue weighted by atomic mass is 31.2. The number of carbonyl (C=O) groups is 2. The van der Waals surface area contributed by atoms with Crippen LogP contribution in [-0.4, -0.2) is 75.5 Å². The fraction of sp³-hybridized carbons (Fsp3) is 0.727. The van der Waals surface area contributed by atoms with E-state index in [4.69, 9.17) is 24.3 Å². The van der Waals surface area contributed by atoms with Crippen LogP contribution in [0.4, 0.5) is 4.39 Å². The van der Waals surface area contributed by atoms with Crippen molar-refractivity contribution >= 4 is 19.6 Å². The number of esters is 2. The number of nitrogens with zero attached hydrogens (tertiary/aromatic N) is 4. The lowest BCUT2D eigenvalue weighted by molar-refractivity contribution is -0.149. The molecule has 230 valence electrons. The van der Waals surface area contributed by atoms with E-state index < -0.39 is 86.0 Å². The second-order valence-corrected chi connectivity index (χ2v) is 11.8. The maximum Gasteiger partial charge on any atom is 0.341 e. The van der Waals surface area contributed by atoms with Gasteiger partial charge in [-0.1, -0.05) is 5.11 Å². The number of halogens is 1. The molecule has 1 aromatic heterocycles. The SMILES string of the molecule is CC(CC(=O)OC(C)C)NP(=O)(NC(C)C(=O)OC(C)C)OC[C@@]1(N=[N+]=[N-])O[C@@H](n2ccc(=O)[nH]c2=O)[C@H](F)[C@@H]1O. The van der Waals surface area contributed by atoms with Gasteiger partial charge in [0, 0.05) is 23.2 Å². The smallest absolute Gasteiger partial charge is 0.341 e. The zero-order valence-corrected chi connectivity index (χ0v) is 24.2. The van der Waals surface area contributed by atoms with Crippen LogP contribution >= 0.6 is 7.67 Å². The number of H-pyrrole nitrogens is 1. The van der Waals surface area contributed by atoms with E-state index in [0.717, 1.165) is 12.3 Å². The van der Waals surface area contributed by atoms with Crippen LogP contribution in [0.3, 0.4) is 0 Å². The van der Waals surface area contributed by atoms with E-state index in [0.29, 0.717) is 4.57 Å². The van der Waals surface area contributed by atoms with Crippen molar-refractivity contribution in [2.75, 3.05) is 6.61 Å². The fourth-order valence-electron chi connectivity index (χ4n) is 3.73. The molecule has 1 fully saturated rings. The van der Waals surface area contributed by atoms with Crippen molar-refractivity contribution in [2.45, 2.75) is 96.5 Å². The van der Waals surface area contributed by atoms with Crippen LogP contribution in [0.15, 0.2) is 27.0 Å². The van der Waals surface area contributed by atoms with Crippen molar-refractivity contribution in [2.24, 2.45) is 5.11 Å². The van der Waals surface area contributed by atoms with Crippen LogP contribution < -0.4 is 21.4 Å². The van der Waals surface area contributed by atoms with Gasteiger partial charge in [0.2, 0.25) is 5.72 Å². The molecule has 41 heavy (non-hydrogen) atoms. The Bertz CT molecular complexity index is 1300. The summed E-state index contributed by atoms with van der Waals surface area (Å²) >= 11 is 0. The lowest BCUT2D eigenvalue weighted by Gasteiger charge is -2.31. The third-order valence-electron chi connectivity index (χ3n) is 5.45. The Morgan fingerprint density at radius 2 is 1.88 bits per heavy atom. The van der Waals surface area contributed by atoms with E-state index in [-0.39, 0.29) is 6.42 Å². The number of hydrogen-bond donors (Lipinski definition) is 4. The van der Waals surface area contributed by atoms with Gasteiger partial charge in [0.05, 0.1) is 25.2 Å². The summed E-state index contributed by atoms with van der Waals surface area (Å²) in [6, 6.07) is -1.21. The number of aliphatic hydroxyl groups is 1. The monoisotopic (exact) mass is 607 g/mol. The number of aliphatic hydroxyl groups excluding tert-OH is 1. The largest absolute Gasteiger partial charge is 0.463 e. The summed E-state index contributed by atoms with van der Waals surface area (Å²) < 4.78 is 50.9. The first-order valence-corrected chi connectivity index (χ1v) is 14.2. The number of alkyl halides is 1. The molecule has 2 heterocycles. The van der Waals surface area contributed by atoms with Gasteiger partial charge in [0.25, 0.3) is 5.56 Å². The predicted octanol–water partition coefficient (Wildman–Crippen LogP) is 1.15. The summed E-state index contributed by atoms with van der Waals surface area (Å²) in [5.41, 5.74) is 4.73. The molecule has 0 amide bonds. The number of ether oxygens (including phenoxy) is 3. The van der Waals surface area contributed by atoms with Gasteiger partial charge in [-0.05, 0) is 47.1 Å². The average Bonchev–Trinajstić information content (AvgIpc) is 3.07. The summed E-state index contributed by atoms with van der Waals surface area (Å²) in [6.45, 7) is 8.21. The van der Waals surface area contributed by atoms with Crippen LogP contribution in [0.2, 0.25) is 0 Å². The van der Waals surface area contributed by atoms with Crippen LogP contribution in [0, 0.1) is 0 Å². The Labute approximate surface area is 233 Å². The highest BCUT2D eigenvalue weighted by molar-refractivity contribution is 7.54. The summed E-state index contributed by atoms with van der Waals surface area (Å²) in [6.07, 6.45) is -6.78. The summed E-state index contributed by atoms with van der Waals surface area (Å²) in [4.78, 5) is 52.6. The molecule has 19 heteroatoms. The highest BCUT2D eigenvalue weighted by Gasteiger charge is 2.57. The van der Waals surface area contributed by atoms with Crippen LogP contribution in [0.25, 0.3) is 10.4 Å². The van der Waals surface area contributed by atoms with E-state index in [9.17, 15) is 28.8 Å². The zero-order chi connectivity index (χ0) is 31.1. The molecule has 0 aromatic carbocycles. The molecule has 0 bridgehead atoms. The van der Waals surface area contributed by atoms with Gasteiger partial charge in [0.15, 0.2) is 12.4 Å². The van der Waals surface area contributed by atoms with Crippen LogP contribution in [0.5, 0.6) is 0 Å². The molecule has 0 saturated carbocycles. The minimum absolute atomic E-state index is 0.275. The molecule has 17 nitrogen and oxygen atoms in total. The minimum Gasteiger partial charge on any atom is -0.463 e. The number of aromatic nitrogens is 2. The molecular formula is C22H35FN7O10P. The molecule has 3 unspecified atom stereocenters. The maximum atomic E-state index is 15.2. The molecule has 1 saturated heterocycles. The van der Waals surface area contributed by atoms with Gasteiger partial charge in [-0.2, -0.15) is 0 Å². The van der Waals surface area contributed by atoms with Crippen molar-refractivity contribution < 1.29 is 42.4 Å². The Morgan fingerprint density at radius 1 is 1.24 bits per heavy atom. The van der Waals surface area contributed by atoms with E-state index in [1.807, 2.05) is 4.98 Å². The van der Waals surface area contributed by atoms with Crippen LogP contribution in [-0.2, 0) is 32.9 Å². The van der Waals surface area contributed by atoms with Gasteiger partial charge >= 0.3 is 25.3 Å². The number of nitrogens with one attached hydrogen (secondary N) is 3. The molecule has 1 aliphatic rings. The Morgan fingerprint density at radius 3 is 2.44 bits per heavy atom. The van der Waals surface area contributed by atoms with Crippen molar-refractivity contribution in [3.63, 3.8) is 0 Å². The van der Waals surface area contributed by atoms with E-state index in [2.05, 4.69) is 20.2 Å². The first-order chi connectivity index (χ1) is 19.0. The Hall–Kier alpha value is -3.11. The van der Waals surface area contributed by atoms with Crippen molar-refractivity contribution in [1.29, 1.82) is 0 Å². The molecule has 0 radical (unpaired) electrons. The van der Waals surface area contributed by atoms with E-state index in [1.54, 1.807) is 27.7 Å². The van der Waals surface area contributed by atoms with Gasteiger partial charge in [-0.3, -0.25) is 28.5 Å². The normalized spacial score (nSPS) is 25.3. The third-order valence-corrected chi connectivity index (χ3v) is 7.45. The molecule has 7 atom stereocenters. The standard InChI is InChI=1S/C22H35FN7O10P/c1-11(2)38-16(32)9-13(5)26-41(36,27-14(6)20(34)39-12(3)4)37-10-22(28-29-24)18(33)17(23)19(40-22)30-8-7-15(31)25-21(30)35/h7-8,11-14,17-19,33H,9-10H2,1-6H3,(H,25,31,35)(H2,26,27,36)/t13?,14?,17-,18+,19-,22-,41?/m1/s1. The molecule has 1 aromatic rings. The average molecular weight is 608 g/mol. The number of hydrogen-bond acceptors (Lipinski definition) is 11. The molecule has 2 rings (SSSR count). The van der Waals surface area contributed by atoms with Crippen LogP contribution in [0.1, 0.15) is 54.2 Å². The van der Waals surface area contributed by atoms with Crippen molar-refractivity contribution in [1.82, 2.24) is 19.7 Å². The summed E-state index contributed by atoms with van der Waals surface area (Å²) in [5, 5.41) is 19.0. The van der Waals surface area contributed by atoms with Crippen molar-refractivity contribution in [3.05, 3.63) is 43.5 Å². The van der Waals surface area contributed by atoms with Gasteiger partial charge in [0.1, 0.15) is 12.1 Å². The predicted molar refractivity (Wildman–Crippen MR) is 140 cm³/mol. The number of aromatic amines is 1. The molecule has 1 aliphatic heterocycles. The number of carbonyl (C=O) groups excluding carboxylic acids is 2. The lowest BCUT2D eigenvalue weighted by Crippen LogP contribution is -2.46. The molecule has 0 aliphatic carbocycles. The topological polar surface area (TPSA) is 236 Å². The Kier molecular flexibility index (Phi) is 11.8. The maximum absolute atomic E-state index is 15.2. The molecule has 0 spiro atoms. The quantitative estimate of drug-likeness (QED) is 0.0766. The number of rotatable bonds is 14. The highest BCUT2D eigenvalue weighted by Crippen LogP contribution is 2.45. The zero-order valence-electron chi connectivity index (χ0n) is 23.3. The second kappa shape index (κ2) is 14.2. The minimum atomic E-state index is -4.41. The van der Waals surface area contributed by atoms with Crippen molar-refractivity contribution in [3.8, 4) is 0 Å². The first kappa shape index (κ1) is 34.1. The summed E-state index contributed by atoms with van der Waals surface area (Å²) in [7, 11) is -4.41. The van der Waals surface area contributed by atoms with Gasteiger partial charge < -0.3 is 23.8 Å². The number of azide groups is 1. The fourth-order valence-corrected chi connectivity index (χ4v) is 5.60. The Balaban J connectivity index is 2.36. The second-order valence-electron chi connectivity index (χ2n) is 9.88. The molecule has 4 N–H and O–H groups in total. The summed E-state index contributed by atoms with van der Waals surface area (Å²) in [5.74, 6) is -1.44. The molecular weight excluding hydrogens is 572 g/mol. The third kappa shape index (κ3) is 9.19. The van der Waals surface area contributed by atoms with E-state index >= 15 is 4.39 Å². The first-order valence-electron chi connectivity index (χ1n) is 12.6. The van der Waals surface area contributed by atoms with Gasteiger partial charge in [-0.25, -0.2) is 19.4 Å². The lowest BCUT2D eigenvalue weighted by atomic mass is 10.1. The van der Waals surface area contributed by atoms with Gasteiger partial charge in [-0.15, -0.1) is 0 Å².